The number of rotatable bonds is 7. The summed E-state index contributed by atoms with van der Waals surface area (Å²) in [4.78, 5) is 40.9. The maximum Gasteiger partial charge on any atom is 0.327 e. The normalized spacial score (nSPS) is 13.0. The highest BCUT2D eigenvalue weighted by atomic mass is 16.4. The highest BCUT2D eigenvalue weighted by Gasteiger charge is 2.35. The molecule has 0 aliphatic carbocycles. The monoisotopic (exact) mass is 425 g/mol. The summed E-state index contributed by atoms with van der Waals surface area (Å²) in [5, 5.41) is 29.5. The van der Waals surface area contributed by atoms with Crippen molar-refractivity contribution < 1.29 is 29.7 Å². The Morgan fingerprint density at radius 3 is 2.29 bits per heavy atom. The van der Waals surface area contributed by atoms with Crippen molar-refractivity contribution in [2.75, 3.05) is 0 Å². The molecule has 0 fully saturated rings. The summed E-state index contributed by atoms with van der Waals surface area (Å²) < 4.78 is 0. The van der Waals surface area contributed by atoms with Crippen LogP contribution < -0.4 is 5.73 Å². The minimum atomic E-state index is -1.45. The molecule has 0 saturated heterocycles. The second kappa shape index (κ2) is 8.88. The molecule has 0 aliphatic heterocycles. The standard InChI is InChI=1S/C22H23N3O6/c1-12(26)25(20(22(30)31)8-13-2-4-15(27)5-3-13)21(29)18(23)9-14-11-24-19-7-6-16(28)10-17(14)19/h2-7,10-11,18,20,24,27-28H,8-9,23H2,1H3,(H,30,31)/t18-,20-/m0/s1. The van der Waals surface area contributed by atoms with Crippen molar-refractivity contribution in [3.8, 4) is 11.5 Å². The number of aliphatic carboxylic acids is 1. The van der Waals surface area contributed by atoms with Crippen LogP contribution in [0.3, 0.4) is 0 Å². The van der Waals surface area contributed by atoms with Gasteiger partial charge in [-0.15, -0.1) is 0 Å². The maximum atomic E-state index is 13.0. The van der Waals surface area contributed by atoms with E-state index in [0.717, 1.165) is 12.4 Å². The number of aromatic hydroxyl groups is 2. The Morgan fingerprint density at radius 2 is 1.68 bits per heavy atom. The van der Waals surface area contributed by atoms with E-state index in [0.29, 0.717) is 21.4 Å². The smallest absolute Gasteiger partial charge is 0.327 e. The van der Waals surface area contributed by atoms with E-state index in [1.807, 2.05) is 0 Å². The number of fused-ring (bicyclic) bond motifs is 1. The number of carboxylic acid groups (broad SMARTS) is 1. The van der Waals surface area contributed by atoms with Gasteiger partial charge < -0.3 is 26.0 Å². The quantitative estimate of drug-likeness (QED) is 0.384. The highest BCUT2D eigenvalue weighted by molar-refractivity contribution is 6.01. The van der Waals surface area contributed by atoms with E-state index < -0.39 is 29.9 Å². The van der Waals surface area contributed by atoms with Gasteiger partial charge in [-0.3, -0.25) is 14.5 Å². The Hall–Kier alpha value is -3.85. The van der Waals surface area contributed by atoms with Crippen molar-refractivity contribution in [1.82, 2.24) is 9.88 Å². The van der Waals surface area contributed by atoms with Crippen molar-refractivity contribution in [3.05, 3.63) is 59.8 Å². The number of nitrogens with zero attached hydrogens (tertiary/aromatic N) is 1. The van der Waals surface area contributed by atoms with E-state index in [2.05, 4.69) is 4.98 Å². The molecule has 0 saturated carbocycles. The van der Waals surface area contributed by atoms with E-state index in [-0.39, 0.29) is 24.3 Å². The van der Waals surface area contributed by atoms with Gasteiger partial charge in [-0.25, -0.2) is 4.79 Å². The lowest BCUT2D eigenvalue weighted by Crippen LogP contribution is -2.54. The van der Waals surface area contributed by atoms with E-state index in [1.165, 1.54) is 36.4 Å². The van der Waals surface area contributed by atoms with Crippen molar-refractivity contribution in [1.29, 1.82) is 0 Å². The fourth-order valence-corrected chi connectivity index (χ4v) is 3.51. The van der Waals surface area contributed by atoms with Gasteiger partial charge in [-0.1, -0.05) is 12.1 Å². The summed E-state index contributed by atoms with van der Waals surface area (Å²) in [6.45, 7) is 1.11. The van der Waals surface area contributed by atoms with Crippen LogP contribution in [-0.2, 0) is 27.2 Å². The molecule has 6 N–H and O–H groups in total. The third kappa shape index (κ3) is 4.84. The number of hydrogen-bond acceptors (Lipinski definition) is 6. The number of aromatic amines is 1. The zero-order valence-corrected chi connectivity index (χ0v) is 16.8. The Labute approximate surface area is 177 Å². The van der Waals surface area contributed by atoms with E-state index in [9.17, 15) is 29.7 Å². The Morgan fingerprint density at radius 1 is 1.03 bits per heavy atom. The number of H-pyrrole nitrogens is 1. The number of phenols is 2. The molecule has 0 unspecified atom stereocenters. The second-order valence-electron chi connectivity index (χ2n) is 7.31. The van der Waals surface area contributed by atoms with Gasteiger partial charge in [0.05, 0.1) is 6.04 Å². The van der Waals surface area contributed by atoms with Crippen molar-refractivity contribution >= 4 is 28.7 Å². The molecule has 162 valence electrons. The third-order valence-corrected chi connectivity index (χ3v) is 5.05. The predicted octanol–water partition coefficient (Wildman–Crippen LogP) is 1.52. The van der Waals surface area contributed by atoms with Crippen LogP contribution in [0.2, 0.25) is 0 Å². The lowest BCUT2D eigenvalue weighted by Gasteiger charge is -2.28. The van der Waals surface area contributed by atoms with Crippen LogP contribution in [-0.4, -0.2) is 55.1 Å². The molecule has 2 atom stereocenters. The number of phenolic OH excluding ortho intramolecular Hbond substituents is 2. The molecule has 3 rings (SSSR count). The van der Waals surface area contributed by atoms with E-state index in [4.69, 9.17) is 5.73 Å². The first-order valence-corrected chi connectivity index (χ1v) is 9.56. The van der Waals surface area contributed by atoms with Gasteiger partial charge in [0, 0.05) is 30.4 Å². The Kier molecular flexibility index (Phi) is 6.26. The summed E-state index contributed by atoms with van der Waals surface area (Å²) in [7, 11) is 0. The minimum absolute atomic E-state index is 0.0157. The van der Waals surface area contributed by atoms with E-state index >= 15 is 0 Å². The number of benzene rings is 2. The number of nitrogens with two attached hydrogens (primary N) is 1. The molecule has 0 bridgehead atoms. The highest BCUT2D eigenvalue weighted by Crippen LogP contribution is 2.24. The molecule has 31 heavy (non-hydrogen) atoms. The molecule has 1 heterocycles. The van der Waals surface area contributed by atoms with Crippen molar-refractivity contribution in [3.63, 3.8) is 0 Å². The average molecular weight is 425 g/mol. The summed E-state index contributed by atoms with van der Waals surface area (Å²) in [6.07, 6.45) is 1.56. The summed E-state index contributed by atoms with van der Waals surface area (Å²) >= 11 is 0. The van der Waals surface area contributed by atoms with Crippen LogP contribution in [0.5, 0.6) is 11.5 Å². The van der Waals surface area contributed by atoms with Gasteiger partial charge in [0.25, 0.3) is 0 Å². The van der Waals surface area contributed by atoms with Gasteiger partial charge in [0.1, 0.15) is 17.5 Å². The molecule has 2 aromatic carbocycles. The van der Waals surface area contributed by atoms with Crippen LogP contribution in [0.25, 0.3) is 10.9 Å². The molecule has 2 amide bonds. The summed E-state index contributed by atoms with van der Waals surface area (Å²) in [6, 6.07) is 7.94. The number of amides is 2. The lowest BCUT2D eigenvalue weighted by molar-refractivity contribution is -0.157. The van der Waals surface area contributed by atoms with Gasteiger partial charge in [0.15, 0.2) is 0 Å². The predicted molar refractivity (Wildman–Crippen MR) is 112 cm³/mol. The SMILES string of the molecule is CC(=O)N(C(=O)[C@@H](N)Cc1c[nH]c2ccc(O)cc12)[C@@H](Cc1ccc(O)cc1)C(=O)O. The molecular formula is C22H23N3O6. The first-order chi connectivity index (χ1) is 14.7. The Balaban J connectivity index is 1.84. The third-order valence-electron chi connectivity index (χ3n) is 5.05. The minimum Gasteiger partial charge on any atom is -0.508 e. The molecule has 3 aromatic rings. The first-order valence-electron chi connectivity index (χ1n) is 9.56. The molecule has 0 spiro atoms. The van der Waals surface area contributed by atoms with Gasteiger partial charge >= 0.3 is 5.97 Å². The number of hydrogen-bond donors (Lipinski definition) is 5. The molecule has 1 aromatic heterocycles. The molecule has 9 nitrogen and oxygen atoms in total. The number of nitrogens with one attached hydrogen (secondary N) is 1. The fraction of sp³-hybridized carbons (Fsp3) is 0.227. The van der Waals surface area contributed by atoms with Crippen LogP contribution in [0.4, 0.5) is 0 Å². The fourth-order valence-electron chi connectivity index (χ4n) is 3.51. The lowest BCUT2D eigenvalue weighted by atomic mass is 10.0. The van der Waals surface area contributed by atoms with Gasteiger partial charge in [-0.2, -0.15) is 0 Å². The summed E-state index contributed by atoms with van der Waals surface area (Å²) in [5.74, 6) is -2.82. The van der Waals surface area contributed by atoms with Gasteiger partial charge in [-0.05, 0) is 47.9 Å². The number of carboxylic acids is 1. The zero-order valence-electron chi connectivity index (χ0n) is 16.8. The van der Waals surface area contributed by atoms with E-state index in [1.54, 1.807) is 12.3 Å². The number of carbonyl (C=O) groups excluding carboxylic acids is 2. The van der Waals surface area contributed by atoms with Crippen LogP contribution in [0, 0.1) is 0 Å². The molecular weight excluding hydrogens is 402 g/mol. The average Bonchev–Trinajstić information content (AvgIpc) is 3.10. The van der Waals surface area contributed by atoms with Crippen LogP contribution >= 0.6 is 0 Å². The first kappa shape index (κ1) is 21.8. The maximum absolute atomic E-state index is 13.0. The molecule has 0 aliphatic rings. The van der Waals surface area contributed by atoms with Crippen molar-refractivity contribution in [2.45, 2.75) is 31.8 Å². The second-order valence-corrected chi connectivity index (χ2v) is 7.31. The van der Waals surface area contributed by atoms with Crippen LogP contribution in [0.1, 0.15) is 18.1 Å². The molecule has 0 radical (unpaired) electrons. The number of imide groups is 1. The zero-order chi connectivity index (χ0) is 22.7. The van der Waals surface area contributed by atoms with Crippen LogP contribution in [0.15, 0.2) is 48.7 Å². The topological polar surface area (TPSA) is 157 Å². The largest absolute Gasteiger partial charge is 0.508 e. The molecule has 9 heteroatoms. The Bertz CT molecular complexity index is 1120. The number of carbonyl (C=O) groups is 3. The van der Waals surface area contributed by atoms with Crippen molar-refractivity contribution in [2.24, 2.45) is 5.73 Å². The van der Waals surface area contributed by atoms with Gasteiger partial charge in [0.2, 0.25) is 11.8 Å². The number of aromatic nitrogens is 1. The summed E-state index contributed by atoms with van der Waals surface area (Å²) in [5.41, 5.74) is 8.01.